The van der Waals surface area contributed by atoms with Gasteiger partial charge in [0.1, 0.15) is 29.7 Å². The summed E-state index contributed by atoms with van der Waals surface area (Å²) in [6.45, 7) is 5.79. The van der Waals surface area contributed by atoms with Crippen LogP contribution in [-0.4, -0.2) is 54.2 Å². The van der Waals surface area contributed by atoms with Crippen molar-refractivity contribution in [3.05, 3.63) is 36.4 Å². The second-order valence-electron chi connectivity index (χ2n) is 6.41. The summed E-state index contributed by atoms with van der Waals surface area (Å²) in [5, 5.41) is 9.01. The van der Waals surface area contributed by atoms with Gasteiger partial charge in [-0.25, -0.2) is 15.0 Å². The van der Waals surface area contributed by atoms with Crippen molar-refractivity contribution in [3.63, 3.8) is 0 Å². The maximum Gasteiger partial charge on any atom is 0.142 e. The molecule has 7 nitrogen and oxygen atoms in total. The van der Waals surface area contributed by atoms with E-state index in [1.807, 2.05) is 12.1 Å². The molecule has 2 aliphatic heterocycles. The van der Waals surface area contributed by atoms with Gasteiger partial charge in [-0.15, -0.1) is 0 Å². The molecule has 7 heteroatoms. The zero-order valence-electron chi connectivity index (χ0n) is 14.2. The van der Waals surface area contributed by atoms with Gasteiger partial charge in [0.25, 0.3) is 0 Å². The van der Waals surface area contributed by atoms with Crippen molar-refractivity contribution in [3.8, 4) is 6.07 Å². The smallest absolute Gasteiger partial charge is 0.142 e. The quantitative estimate of drug-likeness (QED) is 0.845. The molecule has 0 N–H and O–H groups in total. The molecule has 4 heterocycles. The highest BCUT2D eigenvalue weighted by molar-refractivity contribution is 5.54. The molecule has 4 rings (SSSR count). The van der Waals surface area contributed by atoms with E-state index < -0.39 is 0 Å². The number of nitriles is 1. The Morgan fingerprint density at radius 3 is 2.12 bits per heavy atom. The maximum atomic E-state index is 9.01. The number of hydrogen-bond acceptors (Lipinski definition) is 7. The minimum atomic E-state index is 0.464. The minimum absolute atomic E-state index is 0.464. The second-order valence-corrected chi connectivity index (χ2v) is 6.41. The Hall–Kier alpha value is -2.88. The third kappa shape index (κ3) is 3.33. The zero-order chi connectivity index (χ0) is 17.1. The lowest BCUT2D eigenvalue weighted by Gasteiger charge is -2.36. The van der Waals surface area contributed by atoms with Crippen LogP contribution in [0, 0.1) is 11.3 Å². The normalized spacial score (nSPS) is 17.6. The number of hydrogen-bond donors (Lipinski definition) is 0. The van der Waals surface area contributed by atoms with Gasteiger partial charge in [-0.2, -0.15) is 5.26 Å². The Morgan fingerprint density at radius 2 is 1.44 bits per heavy atom. The predicted octanol–water partition coefficient (Wildman–Crippen LogP) is 1.67. The molecule has 0 radical (unpaired) electrons. The summed E-state index contributed by atoms with van der Waals surface area (Å²) in [6.07, 6.45) is 5.87. The summed E-state index contributed by atoms with van der Waals surface area (Å²) in [4.78, 5) is 19.9. The van der Waals surface area contributed by atoms with Gasteiger partial charge in [-0.05, 0) is 25.0 Å². The van der Waals surface area contributed by atoms with Gasteiger partial charge in [-0.1, -0.05) is 0 Å². The van der Waals surface area contributed by atoms with E-state index in [1.54, 1.807) is 12.5 Å². The van der Waals surface area contributed by atoms with E-state index >= 15 is 0 Å². The minimum Gasteiger partial charge on any atom is -0.368 e. The highest BCUT2D eigenvalue weighted by Crippen LogP contribution is 2.23. The van der Waals surface area contributed by atoms with Gasteiger partial charge in [0, 0.05) is 57.2 Å². The van der Waals surface area contributed by atoms with Gasteiger partial charge in [0.05, 0.1) is 0 Å². The Kier molecular flexibility index (Phi) is 4.34. The number of aromatic nitrogens is 3. The molecule has 0 aromatic carbocycles. The topological polar surface area (TPSA) is 72.2 Å². The Morgan fingerprint density at radius 1 is 0.800 bits per heavy atom. The molecule has 0 amide bonds. The van der Waals surface area contributed by atoms with Crippen molar-refractivity contribution in [2.24, 2.45) is 0 Å². The Bertz CT molecular complexity index is 771. The first-order chi connectivity index (χ1) is 12.3. The summed E-state index contributed by atoms with van der Waals surface area (Å²) in [6, 6.07) is 8.03. The molecular weight excluding hydrogens is 314 g/mol. The van der Waals surface area contributed by atoms with Crippen LogP contribution in [0.1, 0.15) is 18.5 Å². The fraction of sp³-hybridized carbons (Fsp3) is 0.444. The summed E-state index contributed by atoms with van der Waals surface area (Å²) >= 11 is 0. The second kappa shape index (κ2) is 6.93. The molecule has 2 aromatic heterocycles. The van der Waals surface area contributed by atoms with Crippen LogP contribution in [0.4, 0.5) is 17.3 Å². The van der Waals surface area contributed by atoms with Crippen molar-refractivity contribution in [2.75, 3.05) is 54.0 Å². The Labute approximate surface area is 147 Å². The average Bonchev–Trinajstić information content (AvgIpc) is 3.23. The molecule has 2 fully saturated rings. The lowest BCUT2D eigenvalue weighted by Crippen LogP contribution is -2.47. The van der Waals surface area contributed by atoms with Crippen molar-refractivity contribution in [1.29, 1.82) is 5.26 Å². The number of nitrogens with zero attached hydrogens (tertiary/aromatic N) is 7. The molecule has 0 atom stereocenters. The third-order valence-electron chi connectivity index (χ3n) is 4.90. The number of pyridine rings is 1. The largest absolute Gasteiger partial charge is 0.368 e. The van der Waals surface area contributed by atoms with Crippen LogP contribution in [0.3, 0.4) is 0 Å². The first-order valence-electron chi connectivity index (χ1n) is 8.76. The molecular formula is C18H21N7. The van der Waals surface area contributed by atoms with E-state index in [0.717, 1.165) is 56.6 Å². The zero-order valence-corrected chi connectivity index (χ0v) is 14.2. The van der Waals surface area contributed by atoms with Crippen LogP contribution < -0.4 is 14.7 Å². The molecule has 25 heavy (non-hydrogen) atoms. The number of anilines is 3. The average molecular weight is 335 g/mol. The highest BCUT2D eigenvalue weighted by atomic mass is 15.3. The summed E-state index contributed by atoms with van der Waals surface area (Å²) < 4.78 is 0. The van der Waals surface area contributed by atoms with E-state index in [1.165, 1.54) is 12.8 Å². The molecule has 128 valence electrons. The summed E-state index contributed by atoms with van der Waals surface area (Å²) in [7, 11) is 0. The van der Waals surface area contributed by atoms with Crippen molar-refractivity contribution < 1.29 is 0 Å². The predicted molar refractivity (Wildman–Crippen MR) is 96.9 cm³/mol. The summed E-state index contributed by atoms with van der Waals surface area (Å²) in [5.74, 6) is 2.04. The molecule has 0 spiro atoms. The third-order valence-corrected chi connectivity index (χ3v) is 4.90. The molecule has 0 unspecified atom stereocenters. The van der Waals surface area contributed by atoms with Crippen molar-refractivity contribution >= 4 is 17.3 Å². The van der Waals surface area contributed by atoms with Crippen LogP contribution in [0.2, 0.25) is 0 Å². The van der Waals surface area contributed by atoms with E-state index in [0.29, 0.717) is 5.69 Å². The monoisotopic (exact) mass is 335 g/mol. The van der Waals surface area contributed by atoms with Crippen LogP contribution >= 0.6 is 0 Å². The highest BCUT2D eigenvalue weighted by Gasteiger charge is 2.20. The standard InChI is InChI=1S/C18H21N7/c19-13-15-11-16(3-4-20-15)23-7-9-25(10-8-23)18-12-17(21-14-22-18)24-5-1-2-6-24/h3-4,11-12,14H,1-2,5-10H2. The van der Waals surface area contributed by atoms with E-state index in [-0.39, 0.29) is 0 Å². The van der Waals surface area contributed by atoms with Gasteiger partial charge < -0.3 is 14.7 Å². The van der Waals surface area contributed by atoms with Gasteiger partial charge >= 0.3 is 0 Å². The fourth-order valence-electron chi connectivity index (χ4n) is 3.50. The molecule has 2 saturated heterocycles. The first kappa shape index (κ1) is 15.6. The van der Waals surface area contributed by atoms with E-state index in [2.05, 4.69) is 41.8 Å². The lowest BCUT2D eigenvalue weighted by atomic mass is 10.2. The number of piperazine rings is 1. The van der Waals surface area contributed by atoms with Crippen molar-refractivity contribution in [1.82, 2.24) is 15.0 Å². The SMILES string of the molecule is N#Cc1cc(N2CCN(c3cc(N4CCCC4)ncn3)CC2)ccn1. The van der Waals surface area contributed by atoms with Crippen LogP contribution in [-0.2, 0) is 0 Å². The van der Waals surface area contributed by atoms with E-state index in [4.69, 9.17) is 5.26 Å². The first-order valence-corrected chi connectivity index (χ1v) is 8.76. The molecule has 0 bridgehead atoms. The van der Waals surface area contributed by atoms with Crippen molar-refractivity contribution in [2.45, 2.75) is 12.8 Å². The van der Waals surface area contributed by atoms with Crippen LogP contribution in [0.15, 0.2) is 30.7 Å². The molecule has 2 aliphatic rings. The summed E-state index contributed by atoms with van der Waals surface area (Å²) in [5.41, 5.74) is 1.53. The molecule has 0 aliphatic carbocycles. The molecule has 2 aromatic rings. The van der Waals surface area contributed by atoms with Gasteiger partial charge in [0.2, 0.25) is 0 Å². The Balaban J connectivity index is 1.43. The molecule has 0 saturated carbocycles. The maximum absolute atomic E-state index is 9.01. The number of rotatable bonds is 3. The van der Waals surface area contributed by atoms with Crippen LogP contribution in [0.5, 0.6) is 0 Å². The van der Waals surface area contributed by atoms with Gasteiger partial charge in [0.15, 0.2) is 0 Å². The fourth-order valence-corrected chi connectivity index (χ4v) is 3.50. The van der Waals surface area contributed by atoms with Gasteiger partial charge in [-0.3, -0.25) is 0 Å². The van der Waals surface area contributed by atoms with Crippen LogP contribution in [0.25, 0.3) is 0 Å². The van der Waals surface area contributed by atoms with E-state index in [9.17, 15) is 0 Å². The lowest BCUT2D eigenvalue weighted by molar-refractivity contribution is 0.646.